The van der Waals surface area contributed by atoms with Gasteiger partial charge in [0.1, 0.15) is 11.6 Å². The second-order valence-electron chi connectivity index (χ2n) is 9.02. The molecule has 0 spiro atoms. The highest BCUT2D eigenvalue weighted by atomic mass is 16.5. The smallest absolute Gasteiger partial charge is 0.139 e. The molecule has 0 aliphatic heterocycles. The van der Waals surface area contributed by atoms with Crippen LogP contribution >= 0.6 is 0 Å². The first kappa shape index (κ1) is 27.1. The standard InChI is InChI=1S/C30H41N3O/c1-8-10-14-26(5)31-20-12-13-24(3)28-17-21-33(7)29(28)32-23-25(4)30(6)18-11-15-27(16-19-30)34-22-9-2/h8,10,12,15-17,19-21,23H,3-4,9,11,13-14,18,22H2,1-2,5-7H3/b10-8-,20-12-,31-26?,32-23?/t30-/m0/s1. The molecule has 4 heteroatoms. The van der Waals surface area contributed by atoms with Crippen LogP contribution in [0.25, 0.3) is 5.57 Å². The number of nitrogens with zero attached hydrogens (tertiary/aromatic N) is 3. The highest BCUT2D eigenvalue weighted by molar-refractivity contribution is 5.85. The van der Waals surface area contributed by atoms with Crippen LogP contribution in [0.2, 0.25) is 0 Å². The van der Waals surface area contributed by atoms with E-state index in [2.05, 4.69) is 62.4 Å². The molecule has 1 atom stereocenters. The van der Waals surface area contributed by atoms with Crippen molar-refractivity contribution in [2.45, 2.75) is 59.8 Å². The zero-order valence-corrected chi connectivity index (χ0v) is 21.7. The van der Waals surface area contributed by atoms with Crippen LogP contribution in [0.4, 0.5) is 5.82 Å². The maximum Gasteiger partial charge on any atom is 0.139 e. The van der Waals surface area contributed by atoms with Crippen LogP contribution in [0.5, 0.6) is 0 Å². The summed E-state index contributed by atoms with van der Waals surface area (Å²) < 4.78 is 7.84. The number of ether oxygens (including phenoxy) is 1. The normalized spacial score (nSPS) is 19.2. The van der Waals surface area contributed by atoms with Crippen LogP contribution < -0.4 is 0 Å². The molecule has 1 aromatic heterocycles. The molecule has 1 aliphatic rings. The van der Waals surface area contributed by atoms with Gasteiger partial charge < -0.3 is 9.30 Å². The average molecular weight is 460 g/mol. The number of aliphatic imine (C=N–C) groups is 2. The Hall–Kier alpha value is -3.14. The van der Waals surface area contributed by atoms with E-state index in [9.17, 15) is 0 Å². The SMILES string of the molecule is C=C(C/C=C\N=C(C)C/C=C\C)c1ccn(C)c1N=CC(=C)[C@]1(C)C=CC(OCCC)=CCC1. The number of allylic oxidation sites excluding steroid dienone is 8. The van der Waals surface area contributed by atoms with Crippen LogP contribution in [0.15, 0.2) is 89.4 Å². The number of rotatable bonds is 12. The molecule has 0 aromatic carbocycles. The molecule has 34 heavy (non-hydrogen) atoms. The van der Waals surface area contributed by atoms with Crippen LogP contribution in [-0.4, -0.2) is 23.1 Å². The van der Waals surface area contributed by atoms with Gasteiger partial charge in [-0.25, -0.2) is 4.99 Å². The Labute approximate surface area is 206 Å². The summed E-state index contributed by atoms with van der Waals surface area (Å²) >= 11 is 0. The van der Waals surface area contributed by atoms with E-state index in [0.717, 1.165) is 72.7 Å². The van der Waals surface area contributed by atoms with Crippen molar-refractivity contribution in [3.05, 3.63) is 85.0 Å². The predicted molar refractivity (Wildman–Crippen MR) is 149 cm³/mol. The van der Waals surface area contributed by atoms with Gasteiger partial charge >= 0.3 is 0 Å². The zero-order valence-electron chi connectivity index (χ0n) is 21.7. The van der Waals surface area contributed by atoms with Crippen molar-refractivity contribution in [2.24, 2.45) is 22.4 Å². The first-order chi connectivity index (χ1) is 16.3. The quantitative estimate of drug-likeness (QED) is 0.229. The molecule has 0 radical (unpaired) electrons. The monoisotopic (exact) mass is 459 g/mol. The molecule has 1 aliphatic carbocycles. The minimum Gasteiger partial charge on any atom is -0.494 e. The summed E-state index contributed by atoms with van der Waals surface area (Å²) in [5.74, 6) is 1.84. The van der Waals surface area contributed by atoms with Gasteiger partial charge in [0.25, 0.3) is 0 Å². The minimum atomic E-state index is -0.161. The molecule has 0 N–H and O–H groups in total. The summed E-state index contributed by atoms with van der Waals surface area (Å²) in [7, 11) is 2.01. The fourth-order valence-electron chi connectivity index (χ4n) is 3.60. The van der Waals surface area contributed by atoms with E-state index >= 15 is 0 Å². The summed E-state index contributed by atoms with van der Waals surface area (Å²) in [5.41, 5.74) is 3.97. The number of hydrogen-bond acceptors (Lipinski definition) is 3. The molecular formula is C30H41N3O. The lowest BCUT2D eigenvalue weighted by Gasteiger charge is -2.25. The predicted octanol–water partition coefficient (Wildman–Crippen LogP) is 8.29. The minimum absolute atomic E-state index is 0.161. The molecule has 4 nitrogen and oxygen atoms in total. The largest absolute Gasteiger partial charge is 0.494 e. The average Bonchev–Trinajstić information content (AvgIpc) is 3.08. The third-order valence-corrected chi connectivity index (χ3v) is 6.01. The highest BCUT2D eigenvalue weighted by Gasteiger charge is 2.25. The van der Waals surface area contributed by atoms with Gasteiger partial charge in [0.05, 0.1) is 6.61 Å². The van der Waals surface area contributed by atoms with E-state index in [1.807, 2.05) is 56.2 Å². The van der Waals surface area contributed by atoms with Crippen molar-refractivity contribution in [3.63, 3.8) is 0 Å². The number of hydrogen-bond donors (Lipinski definition) is 0. The molecule has 0 fully saturated rings. The van der Waals surface area contributed by atoms with Crippen LogP contribution in [0.3, 0.4) is 0 Å². The van der Waals surface area contributed by atoms with Crippen LogP contribution in [0.1, 0.15) is 65.4 Å². The summed E-state index contributed by atoms with van der Waals surface area (Å²) in [4.78, 5) is 9.31. The van der Waals surface area contributed by atoms with Crippen molar-refractivity contribution in [1.82, 2.24) is 4.57 Å². The molecule has 0 amide bonds. The molecule has 0 unspecified atom stereocenters. The van der Waals surface area contributed by atoms with E-state index in [0.29, 0.717) is 0 Å². The van der Waals surface area contributed by atoms with Gasteiger partial charge in [-0.3, -0.25) is 4.99 Å². The van der Waals surface area contributed by atoms with E-state index < -0.39 is 0 Å². The summed E-state index contributed by atoms with van der Waals surface area (Å²) in [6.07, 6.45) is 22.9. The van der Waals surface area contributed by atoms with Crippen molar-refractivity contribution in [2.75, 3.05) is 6.61 Å². The lowest BCUT2D eigenvalue weighted by molar-refractivity contribution is 0.224. The van der Waals surface area contributed by atoms with Gasteiger partial charge in [-0.15, -0.1) is 0 Å². The molecule has 1 aromatic rings. The topological polar surface area (TPSA) is 38.9 Å². The van der Waals surface area contributed by atoms with E-state index in [1.54, 1.807) is 0 Å². The maximum absolute atomic E-state index is 5.81. The third-order valence-electron chi connectivity index (χ3n) is 6.01. The molecule has 182 valence electrons. The molecule has 0 saturated carbocycles. The van der Waals surface area contributed by atoms with E-state index in [4.69, 9.17) is 9.73 Å². The van der Waals surface area contributed by atoms with Crippen LogP contribution in [-0.2, 0) is 11.8 Å². The third kappa shape index (κ3) is 8.02. The first-order valence-corrected chi connectivity index (χ1v) is 12.2. The van der Waals surface area contributed by atoms with E-state index in [1.165, 1.54) is 0 Å². The Bertz CT molecular complexity index is 1030. The van der Waals surface area contributed by atoms with Crippen LogP contribution in [0, 0.1) is 5.41 Å². The lowest BCUT2D eigenvalue weighted by Crippen LogP contribution is -2.16. The van der Waals surface area contributed by atoms with Crippen molar-refractivity contribution in [3.8, 4) is 0 Å². The van der Waals surface area contributed by atoms with Crippen molar-refractivity contribution < 1.29 is 4.74 Å². The second-order valence-corrected chi connectivity index (χ2v) is 9.02. The van der Waals surface area contributed by atoms with Crippen molar-refractivity contribution in [1.29, 1.82) is 0 Å². The highest BCUT2D eigenvalue weighted by Crippen LogP contribution is 2.36. The lowest BCUT2D eigenvalue weighted by atomic mass is 9.79. The van der Waals surface area contributed by atoms with Gasteiger partial charge in [-0.1, -0.05) is 51.3 Å². The van der Waals surface area contributed by atoms with Gasteiger partial charge in [0, 0.05) is 48.8 Å². The van der Waals surface area contributed by atoms with Crippen molar-refractivity contribution >= 4 is 23.3 Å². The number of aromatic nitrogens is 1. The Morgan fingerprint density at radius 1 is 1.26 bits per heavy atom. The Morgan fingerprint density at radius 2 is 2.06 bits per heavy atom. The molecule has 0 bridgehead atoms. The first-order valence-electron chi connectivity index (χ1n) is 12.2. The van der Waals surface area contributed by atoms with E-state index in [-0.39, 0.29) is 5.41 Å². The Morgan fingerprint density at radius 3 is 2.79 bits per heavy atom. The Balaban J connectivity index is 2.07. The number of aryl methyl sites for hydroxylation is 1. The fraction of sp³-hybridized carbons (Fsp3) is 0.400. The molecular weight excluding hydrogens is 418 g/mol. The van der Waals surface area contributed by atoms with Gasteiger partial charge in [0.15, 0.2) is 0 Å². The maximum atomic E-state index is 5.81. The zero-order chi connectivity index (χ0) is 25.0. The fourth-order valence-corrected chi connectivity index (χ4v) is 3.60. The summed E-state index contributed by atoms with van der Waals surface area (Å²) in [6, 6.07) is 2.07. The molecule has 0 saturated heterocycles. The molecule has 2 rings (SSSR count). The summed E-state index contributed by atoms with van der Waals surface area (Å²) in [6.45, 7) is 17.8. The van der Waals surface area contributed by atoms with Gasteiger partial charge in [-0.2, -0.15) is 0 Å². The summed E-state index contributed by atoms with van der Waals surface area (Å²) in [5, 5.41) is 0. The van der Waals surface area contributed by atoms with Gasteiger partial charge in [-0.05, 0) is 68.9 Å². The van der Waals surface area contributed by atoms with Gasteiger partial charge in [0.2, 0.25) is 0 Å². The second kappa shape index (κ2) is 13.5. The Kier molecular flexibility index (Phi) is 10.8. The molecule has 1 heterocycles.